The minimum Gasteiger partial charge on any atom is -0.251 e. The van der Waals surface area contributed by atoms with Crippen LogP contribution in [0.5, 0.6) is 0 Å². The summed E-state index contributed by atoms with van der Waals surface area (Å²) >= 11 is 0. The number of pyridine rings is 1. The molecule has 0 atom stereocenters. The van der Waals surface area contributed by atoms with E-state index in [2.05, 4.69) is 15.0 Å². The zero-order chi connectivity index (χ0) is 25.4. The van der Waals surface area contributed by atoms with Gasteiger partial charge in [0.25, 0.3) is 6.43 Å². The van der Waals surface area contributed by atoms with E-state index in [0.717, 1.165) is 24.4 Å². The average Bonchev–Trinajstić information content (AvgIpc) is 2.83. The van der Waals surface area contributed by atoms with Crippen LogP contribution in [0.4, 0.5) is 22.0 Å². The molecule has 2 aromatic heterocycles. The molecule has 12 heteroatoms. The van der Waals surface area contributed by atoms with Gasteiger partial charge in [0.15, 0.2) is 5.82 Å². The fourth-order valence-electron chi connectivity index (χ4n) is 3.26. The minimum absolute atomic E-state index is 0.0341. The molecule has 180 valence electrons. The molecule has 0 radical (unpaired) electrons. The smallest absolute Gasteiger partial charge is 0.251 e. The van der Waals surface area contributed by atoms with Crippen molar-refractivity contribution >= 4 is 10.0 Å². The van der Waals surface area contributed by atoms with Crippen LogP contribution in [-0.4, -0.2) is 23.4 Å². The second-order valence-corrected chi connectivity index (χ2v) is 8.95. The third kappa shape index (κ3) is 5.49. The van der Waals surface area contributed by atoms with E-state index in [-0.39, 0.29) is 22.0 Å². The summed E-state index contributed by atoms with van der Waals surface area (Å²) in [6.45, 7) is 0. The topological polar surface area (TPSA) is 98.8 Å². The monoisotopic (exact) mass is 506 g/mol. The summed E-state index contributed by atoms with van der Waals surface area (Å²) in [5.74, 6) is -0.0952. The van der Waals surface area contributed by atoms with Crippen LogP contribution in [0.1, 0.15) is 17.8 Å². The lowest BCUT2D eigenvalue weighted by molar-refractivity contribution is -0.141. The van der Waals surface area contributed by atoms with E-state index < -0.39 is 34.0 Å². The minimum atomic E-state index is -4.65. The summed E-state index contributed by atoms with van der Waals surface area (Å²) in [5.41, 5.74) is -0.321. The fourth-order valence-corrected chi connectivity index (χ4v) is 3.82. The maximum Gasteiger partial charge on any atom is 0.433 e. The van der Waals surface area contributed by atoms with Crippen LogP contribution >= 0.6 is 0 Å². The number of aromatic nitrogens is 3. The first kappa shape index (κ1) is 24.4. The van der Waals surface area contributed by atoms with Crippen molar-refractivity contribution in [3.8, 4) is 33.8 Å². The third-order valence-electron chi connectivity index (χ3n) is 4.94. The van der Waals surface area contributed by atoms with Crippen molar-refractivity contribution in [1.29, 1.82) is 0 Å². The largest absolute Gasteiger partial charge is 0.433 e. The van der Waals surface area contributed by atoms with E-state index in [0.29, 0.717) is 16.7 Å². The number of halogens is 5. The van der Waals surface area contributed by atoms with Gasteiger partial charge in [0.05, 0.1) is 10.6 Å². The first-order valence-corrected chi connectivity index (χ1v) is 11.4. The molecule has 0 fully saturated rings. The number of alkyl halides is 5. The zero-order valence-electron chi connectivity index (χ0n) is 17.5. The van der Waals surface area contributed by atoms with Gasteiger partial charge in [-0.15, -0.1) is 0 Å². The van der Waals surface area contributed by atoms with Crippen LogP contribution < -0.4 is 5.14 Å². The van der Waals surface area contributed by atoms with Crippen molar-refractivity contribution in [3.05, 3.63) is 84.3 Å². The summed E-state index contributed by atoms with van der Waals surface area (Å²) in [6, 6.07) is 15.1. The lowest BCUT2D eigenvalue weighted by Gasteiger charge is -2.11. The van der Waals surface area contributed by atoms with Gasteiger partial charge in [0.2, 0.25) is 10.0 Å². The highest BCUT2D eigenvalue weighted by atomic mass is 32.2. The number of sulfonamides is 1. The maximum atomic E-state index is 13.6. The Labute approximate surface area is 196 Å². The molecular weight excluding hydrogens is 491 g/mol. The number of benzene rings is 2. The Morgan fingerprint density at radius 1 is 0.800 bits per heavy atom. The van der Waals surface area contributed by atoms with Gasteiger partial charge in [-0.25, -0.2) is 32.3 Å². The summed E-state index contributed by atoms with van der Waals surface area (Å²) in [6.07, 6.45) is -6.71. The van der Waals surface area contributed by atoms with E-state index in [4.69, 9.17) is 5.14 Å². The number of nitrogens with zero attached hydrogens (tertiary/aromatic N) is 3. The lowest BCUT2D eigenvalue weighted by Crippen LogP contribution is -2.11. The van der Waals surface area contributed by atoms with Crippen LogP contribution in [-0.2, 0) is 16.2 Å². The standard InChI is InChI=1S/C23H15F5N4O2S/c24-21(25)19-11-18(16-7-8-20(30-12-16)23(26,27)28)31-22(32-19)15-5-1-3-13(9-15)14-4-2-6-17(10-14)35(29,33)34/h1-12,21H,(H2,29,33,34). The van der Waals surface area contributed by atoms with Crippen molar-refractivity contribution in [2.45, 2.75) is 17.5 Å². The Morgan fingerprint density at radius 3 is 2.06 bits per heavy atom. The fraction of sp³-hybridized carbons (Fsp3) is 0.0870. The number of hydrogen-bond donors (Lipinski definition) is 1. The summed E-state index contributed by atoms with van der Waals surface area (Å²) in [5, 5.41) is 5.19. The molecule has 0 spiro atoms. The molecule has 2 heterocycles. The SMILES string of the molecule is NS(=O)(=O)c1cccc(-c2cccc(-c3nc(-c4ccc(C(F)(F)F)nc4)cc(C(F)F)n3)c2)c1. The van der Waals surface area contributed by atoms with Gasteiger partial charge in [-0.3, -0.25) is 4.98 Å². The molecule has 6 nitrogen and oxygen atoms in total. The molecule has 4 aromatic rings. The molecule has 0 amide bonds. The first-order valence-electron chi connectivity index (χ1n) is 9.86. The van der Waals surface area contributed by atoms with Crippen LogP contribution in [0.15, 0.2) is 77.8 Å². The summed E-state index contributed by atoms with van der Waals surface area (Å²) in [4.78, 5) is 11.4. The molecule has 0 unspecified atom stereocenters. The van der Waals surface area contributed by atoms with Gasteiger partial charge in [0, 0.05) is 17.3 Å². The van der Waals surface area contributed by atoms with Gasteiger partial charge in [0.1, 0.15) is 11.4 Å². The van der Waals surface area contributed by atoms with E-state index in [1.165, 1.54) is 18.2 Å². The van der Waals surface area contributed by atoms with Crippen LogP contribution in [0.25, 0.3) is 33.8 Å². The number of nitrogens with two attached hydrogens (primary N) is 1. The third-order valence-corrected chi connectivity index (χ3v) is 5.85. The van der Waals surface area contributed by atoms with Crippen LogP contribution in [0.3, 0.4) is 0 Å². The molecule has 0 bridgehead atoms. The first-order chi connectivity index (χ1) is 16.4. The maximum absolute atomic E-state index is 13.6. The quantitative estimate of drug-likeness (QED) is 0.362. The molecule has 2 N–H and O–H groups in total. The second kappa shape index (κ2) is 9.12. The van der Waals surface area contributed by atoms with Gasteiger partial charge in [-0.05, 0) is 47.5 Å². The van der Waals surface area contributed by atoms with Crippen LogP contribution in [0, 0.1) is 0 Å². The van der Waals surface area contributed by atoms with Crippen molar-refractivity contribution in [2.24, 2.45) is 5.14 Å². The predicted octanol–water partition coefficient (Wildman–Crippen LogP) is 5.48. The molecule has 0 aliphatic heterocycles. The molecule has 0 saturated carbocycles. The average molecular weight is 506 g/mol. The second-order valence-electron chi connectivity index (χ2n) is 7.39. The number of primary sulfonamides is 1. The molecule has 4 rings (SSSR count). The molecule has 0 aliphatic rings. The Hall–Kier alpha value is -3.77. The van der Waals surface area contributed by atoms with Crippen molar-refractivity contribution in [1.82, 2.24) is 15.0 Å². The van der Waals surface area contributed by atoms with Gasteiger partial charge in [-0.1, -0.05) is 30.3 Å². The summed E-state index contributed by atoms with van der Waals surface area (Å²) < 4.78 is 88.9. The molecule has 35 heavy (non-hydrogen) atoms. The zero-order valence-corrected chi connectivity index (χ0v) is 18.4. The van der Waals surface area contributed by atoms with Gasteiger partial charge >= 0.3 is 6.18 Å². The van der Waals surface area contributed by atoms with Crippen molar-refractivity contribution in [3.63, 3.8) is 0 Å². The highest BCUT2D eigenvalue weighted by molar-refractivity contribution is 7.89. The highest BCUT2D eigenvalue weighted by Gasteiger charge is 2.32. The molecule has 0 saturated heterocycles. The Bertz CT molecular complexity index is 1490. The molecule has 2 aromatic carbocycles. The Balaban J connectivity index is 1.79. The van der Waals surface area contributed by atoms with Crippen molar-refractivity contribution < 1.29 is 30.4 Å². The highest BCUT2D eigenvalue weighted by Crippen LogP contribution is 2.31. The number of hydrogen-bond acceptors (Lipinski definition) is 5. The normalized spacial score (nSPS) is 12.2. The Morgan fingerprint density at radius 2 is 1.46 bits per heavy atom. The van der Waals surface area contributed by atoms with Gasteiger partial charge < -0.3 is 0 Å². The molecule has 0 aliphatic carbocycles. The Kier molecular flexibility index (Phi) is 6.34. The van der Waals surface area contributed by atoms with E-state index in [9.17, 15) is 30.4 Å². The van der Waals surface area contributed by atoms with Crippen LogP contribution in [0.2, 0.25) is 0 Å². The van der Waals surface area contributed by atoms with Gasteiger partial charge in [-0.2, -0.15) is 13.2 Å². The number of rotatable bonds is 5. The van der Waals surface area contributed by atoms with E-state index in [1.54, 1.807) is 30.3 Å². The van der Waals surface area contributed by atoms with E-state index in [1.807, 2.05) is 0 Å². The summed E-state index contributed by atoms with van der Waals surface area (Å²) in [7, 11) is -3.94. The predicted molar refractivity (Wildman–Crippen MR) is 117 cm³/mol. The van der Waals surface area contributed by atoms with Crippen molar-refractivity contribution in [2.75, 3.05) is 0 Å². The lowest BCUT2D eigenvalue weighted by atomic mass is 10.0. The van der Waals surface area contributed by atoms with E-state index >= 15 is 0 Å². The molecular formula is C23H15F5N4O2S.